The first kappa shape index (κ1) is 18.0. The number of aryl methyl sites for hydroxylation is 1. The van der Waals surface area contributed by atoms with E-state index in [1.54, 1.807) is 0 Å². The van der Waals surface area contributed by atoms with E-state index in [2.05, 4.69) is 42.9 Å². The standard InChI is InChI=1S/C21H26N8/c1-13-9-20(28-27-13)25-19-12-18-17(5-7-23-18)21(26-19)24-14-10-15-3-4-16(11-14)29(15)8-2-6-22/h5,7,9,12,14-16,23H,2-4,8,10-11H2,1H3,(H3,24,25,26,27,28)/t14?,15-,16+. The van der Waals surface area contributed by atoms with Crippen LogP contribution in [-0.4, -0.2) is 49.7 Å². The summed E-state index contributed by atoms with van der Waals surface area (Å²) in [5.41, 5.74) is 2.05. The predicted octanol–water partition coefficient (Wildman–Crippen LogP) is 3.66. The van der Waals surface area contributed by atoms with Crippen molar-refractivity contribution < 1.29 is 0 Å². The fraction of sp³-hybridized carbons (Fsp3) is 0.476. The largest absolute Gasteiger partial charge is 0.367 e. The van der Waals surface area contributed by atoms with Gasteiger partial charge < -0.3 is 15.6 Å². The van der Waals surface area contributed by atoms with Gasteiger partial charge in [0.2, 0.25) is 0 Å². The van der Waals surface area contributed by atoms with Gasteiger partial charge in [-0.15, -0.1) is 0 Å². The molecule has 5 rings (SSSR count). The van der Waals surface area contributed by atoms with Crippen LogP contribution in [0.3, 0.4) is 0 Å². The van der Waals surface area contributed by atoms with Crippen molar-refractivity contribution in [3.8, 4) is 6.07 Å². The number of rotatable bonds is 6. The van der Waals surface area contributed by atoms with E-state index in [9.17, 15) is 0 Å². The summed E-state index contributed by atoms with van der Waals surface area (Å²) < 4.78 is 0. The average molecular weight is 390 g/mol. The second-order valence-corrected chi connectivity index (χ2v) is 8.20. The summed E-state index contributed by atoms with van der Waals surface area (Å²) in [5.74, 6) is 2.44. The maximum atomic E-state index is 8.94. The Morgan fingerprint density at radius 3 is 2.79 bits per heavy atom. The fourth-order valence-corrected chi connectivity index (χ4v) is 4.97. The number of pyridine rings is 1. The minimum absolute atomic E-state index is 0.402. The summed E-state index contributed by atoms with van der Waals surface area (Å²) in [4.78, 5) is 10.7. The van der Waals surface area contributed by atoms with Crippen molar-refractivity contribution in [2.45, 2.75) is 57.2 Å². The summed E-state index contributed by atoms with van der Waals surface area (Å²) in [7, 11) is 0. The number of hydrogen-bond donors (Lipinski definition) is 4. The zero-order chi connectivity index (χ0) is 19.8. The molecular weight excluding hydrogens is 364 g/mol. The summed E-state index contributed by atoms with van der Waals surface area (Å²) in [6, 6.07) is 9.90. The van der Waals surface area contributed by atoms with E-state index in [1.807, 2.05) is 25.3 Å². The van der Waals surface area contributed by atoms with Crippen LogP contribution in [-0.2, 0) is 0 Å². The number of anilines is 3. The van der Waals surface area contributed by atoms with Gasteiger partial charge >= 0.3 is 0 Å². The smallest absolute Gasteiger partial charge is 0.153 e. The number of nitriles is 1. The van der Waals surface area contributed by atoms with Crippen molar-refractivity contribution in [1.82, 2.24) is 25.1 Å². The normalized spacial score (nSPS) is 23.9. The Morgan fingerprint density at radius 2 is 2.07 bits per heavy atom. The molecule has 1 unspecified atom stereocenters. The van der Waals surface area contributed by atoms with Gasteiger partial charge in [0.05, 0.1) is 11.6 Å². The van der Waals surface area contributed by atoms with Crippen LogP contribution < -0.4 is 10.6 Å². The van der Waals surface area contributed by atoms with E-state index in [0.717, 1.165) is 53.4 Å². The number of H-pyrrole nitrogens is 2. The molecule has 2 bridgehead atoms. The Balaban J connectivity index is 1.35. The number of fused-ring (bicyclic) bond motifs is 3. The topological polar surface area (TPSA) is 108 Å². The molecule has 2 aliphatic heterocycles. The quantitative estimate of drug-likeness (QED) is 0.511. The molecule has 0 spiro atoms. The van der Waals surface area contributed by atoms with E-state index in [4.69, 9.17) is 10.2 Å². The third kappa shape index (κ3) is 3.54. The highest BCUT2D eigenvalue weighted by Crippen LogP contribution is 2.37. The molecule has 3 aromatic heterocycles. The Bertz CT molecular complexity index is 1030. The van der Waals surface area contributed by atoms with Crippen LogP contribution in [0.5, 0.6) is 0 Å². The van der Waals surface area contributed by atoms with E-state index >= 15 is 0 Å². The van der Waals surface area contributed by atoms with Crippen LogP contribution in [0.4, 0.5) is 17.5 Å². The van der Waals surface area contributed by atoms with Crippen molar-refractivity contribution in [1.29, 1.82) is 5.26 Å². The van der Waals surface area contributed by atoms with Gasteiger partial charge in [-0.2, -0.15) is 10.4 Å². The molecule has 0 aliphatic carbocycles. The molecule has 2 aliphatic rings. The zero-order valence-corrected chi connectivity index (χ0v) is 16.6. The van der Waals surface area contributed by atoms with Gasteiger partial charge in [0.1, 0.15) is 11.6 Å². The molecule has 8 heteroatoms. The minimum Gasteiger partial charge on any atom is -0.367 e. The lowest BCUT2D eigenvalue weighted by Crippen LogP contribution is -2.47. The number of piperidine rings is 1. The Morgan fingerprint density at radius 1 is 1.24 bits per heavy atom. The van der Waals surface area contributed by atoms with Gasteiger partial charge in [-0.25, -0.2) is 4.98 Å². The van der Waals surface area contributed by atoms with Crippen LogP contribution >= 0.6 is 0 Å². The average Bonchev–Trinajstić information content (AvgIpc) is 3.39. The van der Waals surface area contributed by atoms with Crippen molar-refractivity contribution in [3.63, 3.8) is 0 Å². The Labute approximate surface area is 169 Å². The summed E-state index contributed by atoms with van der Waals surface area (Å²) in [6.07, 6.45) is 7.26. The number of hydrogen-bond acceptors (Lipinski definition) is 6. The minimum atomic E-state index is 0.402. The van der Waals surface area contributed by atoms with Crippen molar-refractivity contribution in [3.05, 3.63) is 30.1 Å². The Kier molecular flexibility index (Phi) is 4.60. The zero-order valence-electron chi connectivity index (χ0n) is 16.6. The van der Waals surface area contributed by atoms with Crippen molar-refractivity contribution in [2.75, 3.05) is 17.2 Å². The molecule has 3 aromatic rings. The molecule has 2 saturated heterocycles. The fourth-order valence-electron chi connectivity index (χ4n) is 4.97. The maximum absolute atomic E-state index is 8.94. The lowest BCUT2D eigenvalue weighted by Gasteiger charge is -2.39. The highest BCUT2D eigenvalue weighted by atomic mass is 15.2. The monoisotopic (exact) mass is 390 g/mol. The SMILES string of the molecule is Cc1cc(Nc2cc3[nH]ccc3c(NC3C[C@H]4CC[C@@H](C3)N4CCC#N)n2)n[nH]1. The lowest BCUT2D eigenvalue weighted by molar-refractivity contribution is 0.136. The van der Waals surface area contributed by atoms with Gasteiger partial charge in [-0.05, 0) is 38.7 Å². The van der Waals surface area contributed by atoms with Gasteiger partial charge in [0.25, 0.3) is 0 Å². The third-order valence-corrected chi connectivity index (χ3v) is 6.22. The maximum Gasteiger partial charge on any atom is 0.153 e. The van der Waals surface area contributed by atoms with E-state index in [1.165, 1.54) is 12.8 Å². The van der Waals surface area contributed by atoms with Gasteiger partial charge in [0.15, 0.2) is 5.82 Å². The third-order valence-electron chi connectivity index (χ3n) is 6.22. The molecule has 4 N–H and O–H groups in total. The van der Waals surface area contributed by atoms with Crippen molar-refractivity contribution in [2.24, 2.45) is 0 Å². The van der Waals surface area contributed by atoms with Crippen LogP contribution in [0.1, 0.15) is 37.8 Å². The van der Waals surface area contributed by atoms with Gasteiger partial charge in [-0.1, -0.05) is 0 Å². The lowest BCUT2D eigenvalue weighted by atomic mass is 9.97. The Hall–Kier alpha value is -3.05. The van der Waals surface area contributed by atoms with Crippen molar-refractivity contribution >= 4 is 28.4 Å². The van der Waals surface area contributed by atoms with E-state index in [-0.39, 0.29) is 0 Å². The number of aromatic nitrogens is 4. The van der Waals surface area contributed by atoms with Crippen LogP contribution in [0.15, 0.2) is 24.4 Å². The van der Waals surface area contributed by atoms with Gasteiger partial charge in [-0.3, -0.25) is 10.00 Å². The summed E-state index contributed by atoms with van der Waals surface area (Å²) in [5, 5.41) is 24.3. The highest BCUT2D eigenvalue weighted by Gasteiger charge is 2.40. The molecule has 0 aromatic carbocycles. The second kappa shape index (κ2) is 7.41. The number of nitrogens with one attached hydrogen (secondary N) is 4. The summed E-state index contributed by atoms with van der Waals surface area (Å²) >= 11 is 0. The summed E-state index contributed by atoms with van der Waals surface area (Å²) in [6.45, 7) is 2.88. The molecule has 2 fully saturated rings. The van der Waals surface area contributed by atoms with Gasteiger partial charge in [0, 0.05) is 60.5 Å². The van der Waals surface area contributed by atoms with E-state index in [0.29, 0.717) is 24.5 Å². The molecular formula is C21H26N8. The first-order valence-electron chi connectivity index (χ1n) is 10.4. The predicted molar refractivity (Wildman–Crippen MR) is 113 cm³/mol. The molecule has 5 heterocycles. The van der Waals surface area contributed by atoms with Crippen LogP contribution in [0, 0.1) is 18.3 Å². The number of aromatic amines is 2. The second-order valence-electron chi connectivity index (χ2n) is 8.20. The molecule has 29 heavy (non-hydrogen) atoms. The molecule has 3 atom stereocenters. The van der Waals surface area contributed by atoms with Crippen LogP contribution in [0.2, 0.25) is 0 Å². The van der Waals surface area contributed by atoms with E-state index < -0.39 is 0 Å². The molecule has 150 valence electrons. The molecule has 8 nitrogen and oxygen atoms in total. The molecule has 0 amide bonds. The first-order chi connectivity index (χ1) is 14.2. The number of nitrogens with zero attached hydrogens (tertiary/aromatic N) is 4. The molecule has 0 radical (unpaired) electrons. The highest BCUT2D eigenvalue weighted by molar-refractivity contribution is 5.92. The molecule has 0 saturated carbocycles. The first-order valence-corrected chi connectivity index (χ1v) is 10.4. The van der Waals surface area contributed by atoms with Crippen LogP contribution in [0.25, 0.3) is 10.9 Å².